The molecule has 0 aromatic carbocycles. The molecule has 1 saturated carbocycles. The Kier molecular flexibility index (Phi) is 5.76. The second kappa shape index (κ2) is 6.60. The third-order valence-corrected chi connectivity index (χ3v) is 4.44. The zero-order chi connectivity index (χ0) is 12.0. The molecule has 3 nitrogen and oxygen atoms in total. The summed E-state index contributed by atoms with van der Waals surface area (Å²) in [5.74, 6) is 1.05. The first-order valence-corrected chi connectivity index (χ1v) is 8.50. The number of rotatable bonds is 7. The zero-order valence-corrected chi connectivity index (χ0v) is 11.4. The van der Waals surface area contributed by atoms with Crippen molar-refractivity contribution >= 4 is 9.84 Å². The van der Waals surface area contributed by atoms with Crippen LogP contribution in [0.1, 0.15) is 45.4 Å². The average molecular weight is 247 g/mol. The molecular formula is C12H25NO2S. The van der Waals surface area contributed by atoms with Crippen molar-refractivity contribution in [2.45, 2.75) is 51.5 Å². The molecule has 0 amide bonds. The van der Waals surface area contributed by atoms with Crippen molar-refractivity contribution in [3.05, 3.63) is 0 Å². The van der Waals surface area contributed by atoms with Crippen LogP contribution in [0.15, 0.2) is 0 Å². The first kappa shape index (κ1) is 14.0. The topological polar surface area (TPSA) is 46.2 Å². The Labute approximate surface area is 99.9 Å². The molecule has 4 heteroatoms. The molecular weight excluding hydrogens is 222 g/mol. The van der Waals surface area contributed by atoms with Crippen LogP contribution in [-0.2, 0) is 9.84 Å². The van der Waals surface area contributed by atoms with Crippen molar-refractivity contribution in [3.8, 4) is 0 Å². The molecule has 1 fully saturated rings. The SMILES string of the molecule is CCCNC1CCCC1CCCS(C)(=O)=O. The average Bonchev–Trinajstić information content (AvgIpc) is 2.60. The number of hydrogen-bond acceptors (Lipinski definition) is 3. The van der Waals surface area contributed by atoms with Gasteiger partial charge in [0, 0.05) is 18.1 Å². The first-order chi connectivity index (χ1) is 7.53. The van der Waals surface area contributed by atoms with E-state index in [2.05, 4.69) is 12.2 Å². The predicted molar refractivity (Wildman–Crippen MR) is 68.4 cm³/mol. The van der Waals surface area contributed by atoms with Crippen LogP contribution in [0, 0.1) is 5.92 Å². The summed E-state index contributed by atoms with van der Waals surface area (Å²) in [5, 5.41) is 3.58. The molecule has 0 aliphatic heterocycles. The van der Waals surface area contributed by atoms with Gasteiger partial charge >= 0.3 is 0 Å². The zero-order valence-electron chi connectivity index (χ0n) is 10.5. The normalized spacial score (nSPS) is 26.1. The Hall–Kier alpha value is -0.0900. The van der Waals surface area contributed by atoms with Crippen LogP contribution < -0.4 is 5.32 Å². The van der Waals surface area contributed by atoms with Crippen LogP contribution in [0.2, 0.25) is 0 Å². The van der Waals surface area contributed by atoms with Gasteiger partial charge in [0.05, 0.1) is 0 Å². The molecule has 16 heavy (non-hydrogen) atoms. The molecule has 2 unspecified atom stereocenters. The molecule has 1 aliphatic carbocycles. The molecule has 0 saturated heterocycles. The van der Waals surface area contributed by atoms with Crippen molar-refractivity contribution in [2.75, 3.05) is 18.6 Å². The highest BCUT2D eigenvalue weighted by atomic mass is 32.2. The quantitative estimate of drug-likeness (QED) is 0.748. The van der Waals surface area contributed by atoms with E-state index >= 15 is 0 Å². The lowest BCUT2D eigenvalue weighted by Crippen LogP contribution is -2.33. The fourth-order valence-electron chi connectivity index (χ4n) is 2.59. The lowest BCUT2D eigenvalue weighted by atomic mass is 9.98. The first-order valence-electron chi connectivity index (χ1n) is 6.44. The van der Waals surface area contributed by atoms with Gasteiger partial charge in [-0.15, -0.1) is 0 Å². The minimum absolute atomic E-state index is 0.351. The van der Waals surface area contributed by atoms with Gasteiger partial charge in [0.2, 0.25) is 0 Å². The summed E-state index contributed by atoms with van der Waals surface area (Å²) >= 11 is 0. The highest BCUT2D eigenvalue weighted by Crippen LogP contribution is 2.29. The maximum atomic E-state index is 11.0. The second-order valence-corrected chi connectivity index (χ2v) is 7.28. The van der Waals surface area contributed by atoms with Gasteiger partial charge < -0.3 is 5.32 Å². The third kappa shape index (κ3) is 5.30. The van der Waals surface area contributed by atoms with Crippen molar-refractivity contribution < 1.29 is 8.42 Å². The molecule has 0 spiro atoms. The van der Waals surface area contributed by atoms with Crippen LogP contribution in [0.3, 0.4) is 0 Å². The summed E-state index contributed by atoms with van der Waals surface area (Å²) < 4.78 is 22.1. The van der Waals surface area contributed by atoms with Crippen molar-refractivity contribution in [2.24, 2.45) is 5.92 Å². The molecule has 1 N–H and O–H groups in total. The minimum atomic E-state index is -2.77. The van der Waals surface area contributed by atoms with Crippen molar-refractivity contribution in [3.63, 3.8) is 0 Å². The second-order valence-electron chi connectivity index (χ2n) is 5.02. The molecule has 2 atom stereocenters. The van der Waals surface area contributed by atoms with Gasteiger partial charge in [0.15, 0.2) is 0 Å². The fraction of sp³-hybridized carbons (Fsp3) is 1.00. The molecule has 0 aromatic rings. The standard InChI is InChI=1S/C12H25NO2S/c1-3-9-13-12-8-4-6-11(12)7-5-10-16(2,14)15/h11-13H,3-10H2,1-2H3. The lowest BCUT2D eigenvalue weighted by molar-refractivity contribution is 0.377. The van der Waals surface area contributed by atoms with Gasteiger partial charge in [-0.1, -0.05) is 13.3 Å². The van der Waals surface area contributed by atoms with Crippen LogP contribution in [-0.4, -0.2) is 33.0 Å². The Balaban J connectivity index is 2.24. The largest absolute Gasteiger partial charge is 0.314 e. The summed E-state index contributed by atoms with van der Waals surface area (Å²) in [6.07, 6.45) is 8.23. The highest BCUT2D eigenvalue weighted by molar-refractivity contribution is 7.90. The minimum Gasteiger partial charge on any atom is -0.314 e. The number of nitrogens with one attached hydrogen (secondary N) is 1. The van der Waals surface area contributed by atoms with E-state index in [1.807, 2.05) is 0 Å². The summed E-state index contributed by atoms with van der Waals surface area (Å²) in [6, 6.07) is 0.638. The summed E-state index contributed by atoms with van der Waals surface area (Å²) in [4.78, 5) is 0. The van der Waals surface area contributed by atoms with E-state index in [1.165, 1.54) is 31.9 Å². The van der Waals surface area contributed by atoms with Crippen LogP contribution in [0.25, 0.3) is 0 Å². The maximum absolute atomic E-state index is 11.0. The summed E-state index contributed by atoms with van der Waals surface area (Å²) in [5.41, 5.74) is 0. The summed E-state index contributed by atoms with van der Waals surface area (Å²) in [7, 11) is -2.77. The molecule has 0 aromatic heterocycles. The van der Waals surface area contributed by atoms with Crippen LogP contribution in [0.5, 0.6) is 0 Å². The predicted octanol–water partition coefficient (Wildman–Crippen LogP) is 1.98. The number of sulfone groups is 1. The Bertz CT molecular complexity index is 287. The maximum Gasteiger partial charge on any atom is 0.147 e. The van der Waals surface area contributed by atoms with E-state index in [9.17, 15) is 8.42 Å². The Morgan fingerprint density at radius 1 is 1.31 bits per heavy atom. The Morgan fingerprint density at radius 3 is 2.69 bits per heavy atom. The van der Waals surface area contributed by atoms with E-state index in [1.54, 1.807) is 0 Å². The van der Waals surface area contributed by atoms with E-state index in [-0.39, 0.29) is 0 Å². The van der Waals surface area contributed by atoms with E-state index in [4.69, 9.17) is 0 Å². The highest BCUT2D eigenvalue weighted by Gasteiger charge is 2.26. The molecule has 96 valence electrons. The molecule has 0 radical (unpaired) electrons. The third-order valence-electron chi connectivity index (χ3n) is 3.41. The van der Waals surface area contributed by atoms with Crippen molar-refractivity contribution in [1.82, 2.24) is 5.32 Å². The molecule has 1 aliphatic rings. The van der Waals surface area contributed by atoms with Gasteiger partial charge in [-0.2, -0.15) is 0 Å². The Morgan fingerprint density at radius 2 is 2.06 bits per heavy atom. The van der Waals surface area contributed by atoms with Crippen LogP contribution >= 0.6 is 0 Å². The number of hydrogen-bond donors (Lipinski definition) is 1. The molecule has 0 bridgehead atoms. The lowest BCUT2D eigenvalue weighted by Gasteiger charge is -2.20. The van der Waals surface area contributed by atoms with Gasteiger partial charge in [-0.05, 0) is 44.6 Å². The van der Waals surface area contributed by atoms with E-state index in [0.717, 1.165) is 19.4 Å². The van der Waals surface area contributed by atoms with Gasteiger partial charge in [-0.25, -0.2) is 8.42 Å². The molecule has 1 rings (SSSR count). The van der Waals surface area contributed by atoms with Gasteiger partial charge in [0.1, 0.15) is 9.84 Å². The van der Waals surface area contributed by atoms with E-state index in [0.29, 0.717) is 17.7 Å². The summed E-state index contributed by atoms with van der Waals surface area (Å²) in [6.45, 7) is 3.27. The van der Waals surface area contributed by atoms with Gasteiger partial charge in [0.25, 0.3) is 0 Å². The van der Waals surface area contributed by atoms with E-state index < -0.39 is 9.84 Å². The monoisotopic (exact) mass is 247 g/mol. The molecule has 0 heterocycles. The van der Waals surface area contributed by atoms with Crippen molar-refractivity contribution in [1.29, 1.82) is 0 Å². The smallest absolute Gasteiger partial charge is 0.147 e. The fourth-order valence-corrected chi connectivity index (χ4v) is 3.28. The van der Waals surface area contributed by atoms with Gasteiger partial charge in [-0.3, -0.25) is 0 Å². The van der Waals surface area contributed by atoms with Crippen LogP contribution in [0.4, 0.5) is 0 Å².